The normalized spacial score (nSPS) is 12.1. The summed E-state index contributed by atoms with van der Waals surface area (Å²) in [7, 11) is 0. The van der Waals surface area contributed by atoms with Crippen molar-refractivity contribution < 1.29 is 8.83 Å². The van der Waals surface area contributed by atoms with E-state index in [1.54, 1.807) is 0 Å². The summed E-state index contributed by atoms with van der Waals surface area (Å²) in [5, 5.41) is 11.8. The Morgan fingerprint density at radius 3 is 1.73 bits per heavy atom. The molecule has 0 amide bonds. The van der Waals surface area contributed by atoms with Crippen LogP contribution < -0.4 is 0 Å². The Bertz CT molecular complexity index is 2720. The molecular formula is C42H24O2. The predicted octanol–water partition coefficient (Wildman–Crippen LogP) is 12.3. The first-order valence-electron chi connectivity index (χ1n) is 15.0. The number of para-hydroxylation sites is 1. The molecule has 0 N–H and O–H groups in total. The minimum Gasteiger partial charge on any atom is -0.456 e. The SMILES string of the molecule is c1ccc2cc(-c3c4ccccc4c(-c4cccc5oc6c(ccc7oc8ccccc8c76)c45)c4ccccc34)ccc2c1. The maximum Gasteiger partial charge on any atom is 0.147 e. The molecule has 0 aliphatic heterocycles. The molecule has 10 aromatic rings. The van der Waals surface area contributed by atoms with Gasteiger partial charge in [-0.3, -0.25) is 0 Å². The summed E-state index contributed by atoms with van der Waals surface area (Å²) in [6, 6.07) is 52.0. The van der Waals surface area contributed by atoms with E-state index in [1.807, 2.05) is 12.1 Å². The van der Waals surface area contributed by atoms with Gasteiger partial charge in [0.05, 0.1) is 5.39 Å². The molecule has 0 fully saturated rings. The zero-order valence-electron chi connectivity index (χ0n) is 23.7. The lowest BCUT2D eigenvalue weighted by atomic mass is 9.84. The third-order valence-electron chi connectivity index (χ3n) is 9.24. The van der Waals surface area contributed by atoms with Gasteiger partial charge in [-0.15, -0.1) is 0 Å². The highest BCUT2D eigenvalue weighted by molar-refractivity contribution is 6.28. The summed E-state index contributed by atoms with van der Waals surface area (Å²) in [6.07, 6.45) is 0. The van der Waals surface area contributed by atoms with Crippen molar-refractivity contribution in [3.05, 3.63) is 146 Å². The van der Waals surface area contributed by atoms with Gasteiger partial charge in [0.1, 0.15) is 22.3 Å². The van der Waals surface area contributed by atoms with Crippen molar-refractivity contribution >= 4 is 76.2 Å². The molecule has 0 radical (unpaired) electrons. The summed E-state index contributed by atoms with van der Waals surface area (Å²) in [6.45, 7) is 0. The summed E-state index contributed by atoms with van der Waals surface area (Å²) < 4.78 is 12.9. The lowest BCUT2D eigenvalue weighted by Crippen LogP contribution is -1.91. The highest BCUT2D eigenvalue weighted by Gasteiger charge is 2.22. The van der Waals surface area contributed by atoms with E-state index >= 15 is 0 Å². The second-order valence-corrected chi connectivity index (χ2v) is 11.6. The van der Waals surface area contributed by atoms with Gasteiger partial charge in [0, 0.05) is 16.2 Å². The van der Waals surface area contributed by atoms with Gasteiger partial charge >= 0.3 is 0 Å². The highest BCUT2D eigenvalue weighted by atomic mass is 16.3. The lowest BCUT2D eigenvalue weighted by molar-refractivity contribution is 0.663. The largest absolute Gasteiger partial charge is 0.456 e. The van der Waals surface area contributed by atoms with Gasteiger partial charge < -0.3 is 8.83 Å². The molecule has 2 aromatic heterocycles. The molecule has 2 heterocycles. The number of hydrogen-bond donors (Lipinski definition) is 0. The van der Waals surface area contributed by atoms with Crippen LogP contribution in [0.4, 0.5) is 0 Å². The minimum atomic E-state index is 0.843. The van der Waals surface area contributed by atoms with Crippen molar-refractivity contribution in [3.8, 4) is 22.3 Å². The van der Waals surface area contributed by atoms with Gasteiger partial charge in [-0.05, 0) is 84.9 Å². The van der Waals surface area contributed by atoms with Crippen LogP contribution in [0.5, 0.6) is 0 Å². The van der Waals surface area contributed by atoms with E-state index in [0.29, 0.717) is 0 Å². The van der Waals surface area contributed by atoms with Crippen LogP contribution in [-0.2, 0) is 0 Å². The molecule has 2 nitrogen and oxygen atoms in total. The molecule has 44 heavy (non-hydrogen) atoms. The first-order valence-corrected chi connectivity index (χ1v) is 15.0. The molecule has 0 aliphatic rings. The zero-order chi connectivity index (χ0) is 28.8. The fourth-order valence-corrected chi connectivity index (χ4v) is 7.37. The van der Waals surface area contributed by atoms with E-state index in [2.05, 4.69) is 133 Å². The molecule has 2 heteroatoms. The Morgan fingerprint density at radius 2 is 0.955 bits per heavy atom. The molecule has 10 rings (SSSR count). The second-order valence-electron chi connectivity index (χ2n) is 11.6. The Balaban J connectivity index is 1.34. The standard InChI is InChI=1S/C42H24O2/c1-2-11-26-24-27(21-20-25(26)10-1)38-28-12-3-5-14-30(28)39(31-15-6-4-13-29(31)38)33-17-9-19-36-40(33)34-22-23-37-41(42(34)44-36)32-16-7-8-18-35(32)43-37/h1-24H. The average Bonchev–Trinajstić information content (AvgIpc) is 3.65. The molecule has 0 atom stereocenters. The van der Waals surface area contributed by atoms with E-state index in [0.717, 1.165) is 43.9 Å². The van der Waals surface area contributed by atoms with Gasteiger partial charge in [0.15, 0.2) is 0 Å². The monoisotopic (exact) mass is 560 g/mol. The van der Waals surface area contributed by atoms with Gasteiger partial charge in [0.25, 0.3) is 0 Å². The summed E-state index contributed by atoms with van der Waals surface area (Å²) >= 11 is 0. The van der Waals surface area contributed by atoms with E-state index in [-0.39, 0.29) is 0 Å². The smallest absolute Gasteiger partial charge is 0.147 e. The fourth-order valence-electron chi connectivity index (χ4n) is 7.37. The van der Waals surface area contributed by atoms with Crippen LogP contribution in [0.25, 0.3) is 98.4 Å². The van der Waals surface area contributed by atoms with E-state index in [4.69, 9.17) is 8.83 Å². The van der Waals surface area contributed by atoms with Crippen molar-refractivity contribution in [3.63, 3.8) is 0 Å². The third kappa shape index (κ3) is 3.20. The van der Waals surface area contributed by atoms with Crippen LogP contribution in [0.15, 0.2) is 154 Å². The van der Waals surface area contributed by atoms with E-state index in [1.165, 1.54) is 54.6 Å². The maximum absolute atomic E-state index is 6.69. The molecule has 0 bridgehead atoms. The summed E-state index contributed by atoms with van der Waals surface area (Å²) in [5.74, 6) is 0. The average molecular weight is 561 g/mol. The lowest BCUT2D eigenvalue weighted by Gasteiger charge is -2.18. The quantitative estimate of drug-likeness (QED) is 0.197. The van der Waals surface area contributed by atoms with Crippen molar-refractivity contribution in [1.82, 2.24) is 0 Å². The van der Waals surface area contributed by atoms with Crippen LogP contribution in [-0.4, -0.2) is 0 Å². The fraction of sp³-hybridized carbons (Fsp3) is 0. The van der Waals surface area contributed by atoms with Crippen LogP contribution in [0.1, 0.15) is 0 Å². The first-order chi connectivity index (χ1) is 21.8. The predicted molar refractivity (Wildman–Crippen MR) is 184 cm³/mol. The van der Waals surface area contributed by atoms with Gasteiger partial charge in [-0.25, -0.2) is 0 Å². The zero-order valence-corrected chi connectivity index (χ0v) is 23.7. The maximum atomic E-state index is 6.69. The second kappa shape index (κ2) is 8.82. The number of rotatable bonds is 2. The van der Waals surface area contributed by atoms with Crippen LogP contribution >= 0.6 is 0 Å². The number of furan rings is 2. The molecule has 0 saturated heterocycles. The number of hydrogen-bond acceptors (Lipinski definition) is 2. The molecule has 204 valence electrons. The Kier molecular flexibility index (Phi) is 4.75. The topological polar surface area (TPSA) is 26.3 Å². The van der Waals surface area contributed by atoms with Gasteiger partial charge in [-0.1, -0.05) is 115 Å². The summed E-state index contributed by atoms with van der Waals surface area (Å²) in [4.78, 5) is 0. The molecule has 8 aromatic carbocycles. The van der Waals surface area contributed by atoms with E-state index < -0.39 is 0 Å². The molecule has 0 unspecified atom stereocenters. The van der Waals surface area contributed by atoms with Crippen molar-refractivity contribution in [2.45, 2.75) is 0 Å². The third-order valence-corrected chi connectivity index (χ3v) is 9.24. The minimum absolute atomic E-state index is 0.843. The number of fused-ring (bicyclic) bond motifs is 10. The molecule has 0 spiro atoms. The first kappa shape index (κ1) is 23.7. The van der Waals surface area contributed by atoms with Gasteiger partial charge in [-0.2, -0.15) is 0 Å². The highest BCUT2D eigenvalue weighted by Crippen LogP contribution is 2.48. The molecule has 0 saturated carbocycles. The van der Waals surface area contributed by atoms with Crippen molar-refractivity contribution in [2.24, 2.45) is 0 Å². The Hall–Kier alpha value is -5.86. The van der Waals surface area contributed by atoms with Crippen molar-refractivity contribution in [2.75, 3.05) is 0 Å². The van der Waals surface area contributed by atoms with Crippen LogP contribution in [0.2, 0.25) is 0 Å². The Morgan fingerprint density at radius 1 is 0.341 bits per heavy atom. The molecule has 0 aliphatic carbocycles. The van der Waals surface area contributed by atoms with Crippen LogP contribution in [0.3, 0.4) is 0 Å². The van der Waals surface area contributed by atoms with E-state index in [9.17, 15) is 0 Å². The molecular weight excluding hydrogens is 536 g/mol. The van der Waals surface area contributed by atoms with Gasteiger partial charge in [0.2, 0.25) is 0 Å². The van der Waals surface area contributed by atoms with Crippen molar-refractivity contribution in [1.29, 1.82) is 0 Å². The Labute approximate surface area is 252 Å². The van der Waals surface area contributed by atoms with Crippen LogP contribution in [0, 0.1) is 0 Å². The number of benzene rings is 8. The summed E-state index contributed by atoms with van der Waals surface area (Å²) in [5.41, 5.74) is 8.35.